The van der Waals surface area contributed by atoms with E-state index in [1.807, 2.05) is 60.7 Å². The van der Waals surface area contributed by atoms with Crippen LogP contribution in [-0.4, -0.2) is 12.1 Å². The minimum atomic E-state index is -0.466. The molecule has 1 N–H and O–H groups in total. The summed E-state index contributed by atoms with van der Waals surface area (Å²) in [6.07, 6.45) is 1.59. The van der Waals surface area contributed by atoms with E-state index >= 15 is 0 Å². The van der Waals surface area contributed by atoms with Gasteiger partial charge in [-0.3, -0.25) is 0 Å². The second-order valence-corrected chi connectivity index (χ2v) is 8.09. The Kier molecular flexibility index (Phi) is 5.35. The molecule has 3 aromatic carbocycles. The second-order valence-electron chi connectivity index (χ2n) is 7.23. The summed E-state index contributed by atoms with van der Waals surface area (Å²) in [5.41, 5.74) is 2.02. The van der Waals surface area contributed by atoms with E-state index in [0.29, 0.717) is 33.2 Å². The van der Waals surface area contributed by atoms with Gasteiger partial charge in [-0.2, -0.15) is 5.26 Å². The average molecular weight is 452 g/mol. The number of hydrogen-bond donors (Lipinski definition) is 1. The van der Waals surface area contributed by atoms with Crippen molar-refractivity contribution < 1.29 is 9.15 Å². The molecule has 0 saturated carbocycles. The van der Waals surface area contributed by atoms with Crippen molar-refractivity contribution in [3.8, 4) is 23.1 Å². The second kappa shape index (κ2) is 8.61. The number of ether oxygens (including phenoxy) is 1. The lowest BCUT2D eigenvalue weighted by Gasteiger charge is -2.04. The maximum absolute atomic E-state index is 12.7. The van der Waals surface area contributed by atoms with Gasteiger partial charge in [0.1, 0.15) is 28.0 Å². The number of hydrogen-bond acceptors (Lipinski definition) is 7. The lowest BCUT2D eigenvalue weighted by Crippen LogP contribution is -2.03. The van der Waals surface area contributed by atoms with Crippen molar-refractivity contribution in [1.82, 2.24) is 4.98 Å². The summed E-state index contributed by atoms with van der Waals surface area (Å²) < 4.78 is 10.8. The van der Waals surface area contributed by atoms with Crippen LogP contribution in [0.3, 0.4) is 0 Å². The van der Waals surface area contributed by atoms with E-state index < -0.39 is 5.63 Å². The van der Waals surface area contributed by atoms with E-state index in [9.17, 15) is 10.1 Å². The molecule has 0 spiro atoms. The maximum Gasteiger partial charge on any atom is 0.345 e. The fourth-order valence-corrected chi connectivity index (χ4v) is 4.37. The smallest absolute Gasteiger partial charge is 0.345 e. The summed E-state index contributed by atoms with van der Waals surface area (Å²) in [6, 6.07) is 23.0. The van der Waals surface area contributed by atoms with Crippen LogP contribution in [0.4, 0.5) is 5.69 Å². The van der Waals surface area contributed by atoms with Crippen LogP contribution in [0.15, 0.2) is 87.5 Å². The third-order valence-corrected chi connectivity index (χ3v) is 6.10. The normalized spacial score (nSPS) is 11.5. The highest BCUT2D eigenvalue weighted by Crippen LogP contribution is 2.30. The largest absolute Gasteiger partial charge is 0.497 e. The summed E-state index contributed by atoms with van der Waals surface area (Å²) in [5.74, 6) is 0.707. The molecule has 5 rings (SSSR count). The Hall–Kier alpha value is -4.41. The zero-order valence-corrected chi connectivity index (χ0v) is 18.3. The van der Waals surface area contributed by atoms with Gasteiger partial charge in [-0.25, -0.2) is 9.78 Å². The van der Waals surface area contributed by atoms with Gasteiger partial charge in [-0.15, -0.1) is 11.3 Å². The number of allylic oxidation sites excluding steroid dienone is 1. The van der Waals surface area contributed by atoms with Crippen LogP contribution in [0, 0.1) is 11.3 Å². The number of nitrogens with one attached hydrogen (secondary N) is 1. The first-order valence-corrected chi connectivity index (χ1v) is 11.0. The van der Waals surface area contributed by atoms with E-state index in [-0.39, 0.29) is 0 Å². The van der Waals surface area contributed by atoms with Crippen molar-refractivity contribution in [2.45, 2.75) is 0 Å². The third-order valence-electron chi connectivity index (χ3n) is 5.23. The highest BCUT2D eigenvalue weighted by Gasteiger charge is 2.15. The van der Waals surface area contributed by atoms with Gasteiger partial charge in [0.2, 0.25) is 0 Å². The molecule has 0 aliphatic carbocycles. The van der Waals surface area contributed by atoms with Crippen molar-refractivity contribution in [2.24, 2.45) is 0 Å². The van der Waals surface area contributed by atoms with Gasteiger partial charge in [0, 0.05) is 28.7 Å². The van der Waals surface area contributed by atoms with E-state index in [1.165, 1.54) is 11.3 Å². The Bertz CT molecular complexity index is 1630. The molecule has 0 saturated heterocycles. The Morgan fingerprint density at radius 3 is 2.85 bits per heavy atom. The third kappa shape index (κ3) is 3.95. The van der Waals surface area contributed by atoms with Crippen LogP contribution in [-0.2, 0) is 0 Å². The molecule has 2 aromatic heterocycles. The highest BCUT2D eigenvalue weighted by atomic mass is 32.1. The van der Waals surface area contributed by atoms with Gasteiger partial charge in [-0.1, -0.05) is 36.4 Å². The van der Waals surface area contributed by atoms with Crippen molar-refractivity contribution in [3.05, 3.63) is 93.7 Å². The predicted octanol–water partition coefficient (Wildman–Crippen LogP) is 6.05. The SMILES string of the molecule is COc1cccc(N/C=C(\C#N)c2nc(-c3cc4c(ccc5ccccc54)oc3=O)cs2)c1. The molecule has 2 heterocycles. The molecular weight excluding hydrogens is 434 g/mol. The number of nitrogens with zero attached hydrogens (tertiary/aromatic N) is 2. The standard InChI is InChI=1S/C26H17N3O3S/c1-31-19-7-4-6-18(11-19)28-14-17(13-27)25-29-23(15-33-25)22-12-21-20-8-3-2-5-16(20)9-10-24(21)32-26(22)30/h2-12,14-15,28H,1H3/b17-14+. The van der Waals surface area contributed by atoms with Gasteiger partial charge in [-0.05, 0) is 35.0 Å². The number of anilines is 1. The summed E-state index contributed by atoms with van der Waals surface area (Å²) >= 11 is 1.29. The van der Waals surface area contributed by atoms with Gasteiger partial charge < -0.3 is 14.5 Å². The molecule has 0 bridgehead atoms. The molecule has 0 aliphatic rings. The van der Waals surface area contributed by atoms with Crippen LogP contribution in [0.5, 0.6) is 5.75 Å². The van der Waals surface area contributed by atoms with E-state index in [0.717, 1.165) is 21.8 Å². The number of methoxy groups -OCH3 is 1. The topological polar surface area (TPSA) is 88.2 Å². The Morgan fingerprint density at radius 1 is 1.12 bits per heavy atom. The van der Waals surface area contributed by atoms with Crippen molar-refractivity contribution in [2.75, 3.05) is 12.4 Å². The number of aromatic nitrogens is 1. The van der Waals surface area contributed by atoms with E-state index in [4.69, 9.17) is 9.15 Å². The Labute approximate surface area is 193 Å². The van der Waals surface area contributed by atoms with Crippen LogP contribution >= 0.6 is 11.3 Å². The number of thiazole rings is 1. The molecule has 5 aromatic rings. The van der Waals surface area contributed by atoms with Gasteiger partial charge in [0.25, 0.3) is 0 Å². The van der Waals surface area contributed by atoms with Gasteiger partial charge in [0.05, 0.1) is 18.4 Å². The summed E-state index contributed by atoms with van der Waals surface area (Å²) in [6.45, 7) is 0. The lowest BCUT2D eigenvalue weighted by atomic mass is 10.0. The zero-order chi connectivity index (χ0) is 22.8. The van der Waals surface area contributed by atoms with Crippen LogP contribution < -0.4 is 15.7 Å². The molecule has 0 amide bonds. The Balaban J connectivity index is 1.52. The first-order chi connectivity index (χ1) is 16.2. The average Bonchev–Trinajstić information content (AvgIpc) is 3.34. The van der Waals surface area contributed by atoms with Gasteiger partial charge >= 0.3 is 5.63 Å². The molecule has 33 heavy (non-hydrogen) atoms. The predicted molar refractivity (Wildman–Crippen MR) is 131 cm³/mol. The fourth-order valence-electron chi connectivity index (χ4n) is 3.58. The van der Waals surface area contributed by atoms with E-state index in [2.05, 4.69) is 16.4 Å². The maximum atomic E-state index is 12.7. The number of fused-ring (bicyclic) bond motifs is 3. The summed E-state index contributed by atoms with van der Waals surface area (Å²) in [7, 11) is 1.60. The molecule has 0 aliphatic heterocycles. The quantitative estimate of drug-likeness (QED) is 0.199. The number of rotatable bonds is 5. The summed E-state index contributed by atoms with van der Waals surface area (Å²) in [5, 5.41) is 17.9. The van der Waals surface area contributed by atoms with Gasteiger partial charge in [0.15, 0.2) is 0 Å². The summed E-state index contributed by atoms with van der Waals surface area (Å²) in [4.78, 5) is 17.2. The minimum absolute atomic E-state index is 0.352. The van der Waals surface area contributed by atoms with Crippen molar-refractivity contribution in [1.29, 1.82) is 5.26 Å². The number of nitriles is 1. The lowest BCUT2D eigenvalue weighted by molar-refractivity contribution is 0.415. The minimum Gasteiger partial charge on any atom is -0.497 e. The Morgan fingerprint density at radius 2 is 2.00 bits per heavy atom. The number of benzene rings is 3. The molecular formula is C26H17N3O3S. The first-order valence-electron chi connectivity index (χ1n) is 10.1. The molecule has 0 atom stereocenters. The zero-order valence-electron chi connectivity index (χ0n) is 17.5. The van der Waals surface area contributed by atoms with Crippen LogP contribution in [0.25, 0.3) is 38.6 Å². The van der Waals surface area contributed by atoms with E-state index in [1.54, 1.807) is 24.8 Å². The fraction of sp³-hybridized carbons (Fsp3) is 0.0385. The van der Waals surface area contributed by atoms with Crippen LogP contribution in [0.1, 0.15) is 5.01 Å². The van der Waals surface area contributed by atoms with Crippen molar-refractivity contribution in [3.63, 3.8) is 0 Å². The molecule has 0 fully saturated rings. The first kappa shape index (κ1) is 20.5. The highest BCUT2D eigenvalue weighted by molar-refractivity contribution is 7.11. The van der Waals surface area contributed by atoms with Crippen LogP contribution in [0.2, 0.25) is 0 Å². The monoisotopic (exact) mass is 451 g/mol. The van der Waals surface area contributed by atoms with Crippen molar-refractivity contribution >= 4 is 44.3 Å². The molecule has 6 nitrogen and oxygen atoms in total. The molecule has 0 unspecified atom stereocenters. The molecule has 160 valence electrons. The molecule has 7 heteroatoms. The molecule has 0 radical (unpaired) electrons.